The van der Waals surface area contributed by atoms with E-state index < -0.39 is 18.0 Å². The molecule has 1 unspecified atom stereocenters. The van der Waals surface area contributed by atoms with Gasteiger partial charge >= 0.3 is 11.9 Å². The summed E-state index contributed by atoms with van der Waals surface area (Å²) < 4.78 is 4.47. The van der Waals surface area contributed by atoms with Crippen molar-refractivity contribution in [2.24, 2.45) is 0 Å². The first-order valence-corrected chi connectivity index (χ1v) is 4.91. The summed E-state index contributed by atoms with van der Waals surface area (Å²) in [6.45, 7) is 0. The lowest BCUT2D eigenvalue weighted by Gasteiger charge is -2.12. The van der Waals surface area contributed by atoms with Crippen LogP contribution in [0, 0.1) is 12.3 Å². The molecule has 0 fully saturated rings. The molecule has 1 aromatic rings. The van der Waals surface area contributed by atoms with Crippen LogP contribution in [0.1, 0.15) is 16.9 Å². The van der Waals surface area contributed by atoms with Gasteiger partial charge in [-0.3, -0.25) is 4.98 Å². The lowest BCUT2D eigenvalue weighted by molar-refractivity contribution is -0.137. The number of ether oxygens (including phenoxy) is 1. The van der Waals surface area contributed by atoms with Crippen molar-refractivity contribution in [3.8, 4) is 12.3 Å². The Balaban J connectivity index is 2.87. The van der Waals surface area contributed by atoms with Crippen LogP contribution in [-0.2, 0) is 9.53 Å². The highest BCUT2D eigenvalue weighted by Gasteiger charge is 2.17. The summed E-state index contributed by atoms with van der Waals surface area (Å²) in [5.41, 5.74) is -0.0210. The van der Waals surface area contributed by atoms with Crippen molar-refractivity contribution in [3.63, 3.8) is 0 Å². The molecule has 0 radical (unpaired) electrons. The summed E-state index contributed by atoms with van der Waals surface area (Å²) >= 11 is 0. The molecule has 0 saturated carbocycles. The highest BCUT2D eigenvalue weighted by molar-refractivity contribution is 5.87. The number of carboxylic acids is 1. The van der Waals surface area contributed by atoms with Crippen LogP contribution in [0.4, 0.5) is 5.82 Å². The van der Waals surface area contributed by atoms with Crippen LogP contribution in [0.2, 0.25) is 0 Å². The van der Waals surface area contributed by atoms with Gasteiger partial charge in [-0.15, -0.1) is 12.3 Å². The van der Waals surface area contributed by atoms with Crippen molar-refractivity contribution < 1.29 is 19.4 Å². The van der Waals surface area contributed by atoms with Gasteiger partial charge in [0, 0.05) is 6.42 Å². The number of aliphatic carboxylic acids is 1. The van der Waals surface area contributed by atoms with Gasteiger partial charge < -0.3 is 15.2 Å². The van der Waals surface area contributed by atoms with Gasteiger partial charge in [-0.2, -0.15) is 0 Å². The molecule has 1 heterocycles. The molecule has 0 spiro atoms. The number of aromatic nitrogens is 2. The van der Waals surface area contributed by atoms with E-state index in [1.54, 1.807) is 0 Å². The van der Waals surface area contributed by atoms with Gasteiger partial charge in [0.25, 0.3) is 0 Å². The van der Waals surface area contributed by atoms with Gasteiger partial charge in [0.15, 0.2) is 5.69 Å². The summed E-state index contributed by atoms with van der Waals surface area (Å²) in [6.07, 6.45) is 7.55. The highest BCUT2D eigenvalue weighted by Crippen LogP contribution is 2.07. The number of terminal acetylenes is 1. The predicted octanol–water partition coefficient (Wildman–Crippen LogP) is 0.152. The Hall–Kier alpha value is -2.62. The summed E-state index contributed by atoms with van der Waals surface area (Å²) in [6, 6.07) is -0.989. The van der Waals surface area contributed by atoms with E-state index in [2.05, 4.69) is 25.9 Å². The van der Waals surface area contributed by atoms with Crippen LogP contribution in [-0.4, -0.2) is 40.2 Å². The van der Waals surface area contributed by atoms with E-state index in [9.17, 15) is 9.59 Å². The number of methoxy groups -OCH3 is 1. The minimum Gasteiger partial charge on any atom is -0.480 e. The van der Waals surface area contributed by atoms with Crippen molar-refractivity contribution in [3.05, 3.63) is 18.1 Å². The Labute approximate surface area is 103 Å². The van der Waals surface area contributed by atoms with Gasteiger partial charge in [0.2, 0.25) is 0 Å². The normalized spacial score (nSPS) is 11.1. The van der Waals surface area contributed by atoms with Crippen LogP contribution in [0.5, 0.6) is 0 Å². The monoisotopic (exact) mass is 249 g/mol. The van der Waals surface area contributed by atoms with E-state index in [-0.39, 0.29) is 17.9 Å². The van der Waals surface area contributed by atoms with E-state index >= 15 is 0 Å². The van der Waals surface area contributed by atoms with Crippen molar-refractivity contribution in [1.29, 1.82) is 0 Å². The van der Waals surface area contributed by atoms with E-state index in [1.807, 2.05) is 0 Å². The SMILES string of the molecule is C#CCC(Nc1cncc(C(=O)OC)n1)C(=O)O. The second kappa shape index (κ2) is 6.20. The quantitative estimate of drug-likeness (QED) is 0.565. The summed E-state index contributed by atoms with van der Waals surface area (Å²) in [5, 5.41) is 11.5. The summed E-state index contributed by atoms with van der Waals surface area (Å²) in [5.74, 6) is 0.604. The van der Waals surface area contributed by atoms with Crippen LogP contribution in [0.15, 0.2) is 12.4 Å². The molecule has 0 aromatic carbocycles. The average Bonchev–Trinajstić information content (AvgIpc) is 2.37. The number of nitrogens with one attached hydrogen (secondary N) is 1. The van der Waals surface area contributed by atoms with Gasteiger partial charge in [0.1, 0.15) is 11.9 Å². The first-order chi connectivity index (χ1) is 8.58. The molecule has 0 amide bonds. The van der Waals surface area contributed by atoms with E-state index in [0.717, 1.165) is 0 Å². The molecular weight excluding hydrogens is 238 g/mol. The van der Waals surface area contributed by atoms with Gasteiger partial charge in [-0.25, -0.2) is 14.6 Å². The molecule has 0 aliphatic carbocycles. The Kier molecular flexibility index (Phi) is 4.63. The third-order valence-corrected chi connectivity index (χ3v) is 1.97. The molecule has 2 N–H and O–H groups in total. The number of carboxylic acid groups (broad SMARTS) is 1. The predicted molar refractivity (Wildman–Crippen MR) is 61.9 cm³/mol. The number of rotatable bonds is 5. The lowest BCUT2D eigenvalue weighted by Crippen LogP contribution is -2.29. The molecule has 0 aliphatic rings. The molecule has 0 bridgehead atoms. The number of nitrogens with zero attached hydrogens (tertiary/aromatic N) is 2. The Morgan fingerprint density at radius 2 is 2.33 bits per heavy atom. The fourth-order valence-corrected chi connectivity index (χ4v) is 1.13. The average molecular weight is 249 g/mol. The minimum absolute atomic E-state index is 0.0144. The van der Waals surface area contributed by atoms with Crippen molar-refractivity contribution in [2.75, 3.05) is 12.4 Å². The first-order valence-electron chi connectivity index (χ1n) is 4.91. The van der Waals surface area contributed by atoms with E-state index in [4.69, 9.17) is 11.5 Å². The third kappa shape index (κ3) is 3.45. The maximum absolute atomic E-state index is 11.2. The van der Waals surface area contributed by atoms with Crippen molar-refractivity contribution in [2.45, 2.75) is 12.5 Å². The van der Waals surface area contributed by atoms with Gasteiger partial charge in [-0.05, 0) is 0 Å². The number of carbonyl (C=O) groups is 2. The first kappa shape index (κ1) is 13.4. The maximum atomic E-state index is 11.2. The largest absolute Gasteiger partial charge is 0.480 e. The molecule has 1 atom stereocenters. The van der Waals surface area contributed by atoms with Crippen LogP contribution in [0.25, 0.3) is 0 Å². The van der Waals surface area contributed by atoms with Gasteiger partial charge in [-0.1, -0.05) is 0 Å². The second-order valence-corrected chi connectivity index (χ2v) is 3.22. The summed E-state index contributed by atoms with van der Waals surface area (Å²) in [4.78, 5) is 29.7. The zero-order valence-corrected chi connectivity index (χ0v) is 9.58. The Bertz CT molecular complexity index is 495. The second-order valence-electron chi connectivity index (χ2n) is 3.22. The zero-order valence-electron chi connectivity index (χ0n) is 9.58. The number of carbonyl (C=O) groups excluding carboxylic acids is 1. The Morgan fingerprint density at radius 1 is 1.61 bits per heavy atom. The zero-order chi connectivity index (χ0) is 13.5. The van der Waals surface area contributed by atoms with Crippen molar-refractivity contribution in [1.82, 2.24) is 9.97 Å². The van der Waals surface area contributed by atoms with Gasteiger partial charge in [0.05, 0.1) is 19.5 Å². The third-order valence-electron chi connectivity index (χ3n) is 1.97. The highest BCUT2D eigenvalue weighted by atomic mass is 16.5. The molecule has 18 heavy (non-hydrogen) atoms. The van der Waals surface area contributed by atoms with Crippen molar-refractivity contribution >= 4 is 17.8 Å². The lowest BCUT2D eigenvalue weighted by atomic mass is 10.2. The minimum atomic E-state index is -1.11. The molecule has 7 nitrogen and oxygen atoms in total. The number of hydrogen-bond donors (Lipinski definition) is 2. The van der Waals surface area contributed by atoms with Crippen LogP contribution < -0.4 is 5.32 Å². The fraction of sp³-hybridized carbons (Fsp3) is 0.273. The fourth-order valence-electron chi connectivity index (χ4n) is 1.13. The van der Waals surface area contributed by atoms with Crippen LogP contribution in [0.3, 0.4) is 0 Å². The maximum Gasteiger partial charge on any atom is 0.358 e. The van der Waals surface area contributed by atoms with E-state index in [1.165, 1.54) is 19.5 Å². The number of esters is 1. The summed E-state index contributed by atoms with van der Waals surface area (Å²) in [7, 11) is 1.21. The van der Waals surface area contributed by atoms with E-state index in [0.29, 0.717) is 0 Å². The molecular formula is C11H11N3O4. The molecule has 0 aliphatic heterocycles. The smallest absolute Gasteiger partial charge is 0.358 e. The standard InChI is InChI=1S/C11H11N3O4/c1-3-4-7(10(15)16)13-9-6-12-5-8(14-9)11(17)18-2/h1,5-7H,4H2,2H3,(H,13,14)(H,15,16). The topological polar surface area (TPSA) is 101 Å². The van der Waals surface area contributed by atoms with Crippen LogP contribution >= 0.6 is 0 Å². The molecule has 1 rings (SSSR count). The Morgan fingerprint density at radius 3 is 2.89 bits per heavy atom. The molecule has 94 valence electrons. The number of anilines is 1. The molecule has 0 saturated heterocycles. The molecule has 7 heteroatoms. The number of hydrogen-bond acceptors (Lipinski definition) is 6. The molecule has 1 aromatic heterocycles.